The minimum absolute atomic E-state index is 0.0333. The van der Waals surface area contributed by atoms with Gasteiger partial charge in [0.25, 0.3) is 0 Å². The zero-order valence-corrected chi connectivity index (χ0v) is 38.8. The van der Waals surface area contributed by atoms with E-state index in [1.165, 1.54) is 35.8 Å². The number of phenols is 1. The third-order valence-electron chi connectivity index (χ3n) is 11.5. The highest BCUT2D eigenvalue weighted by molar-refractivity contribution is 5.98. The maximum atomic E-state index is 14.1. The average Bonchev–Trinajstić information content (AvgIpc) is 3.96. The summed E-state index contributed by atoms with van der Waals surface area (Å²) in [6, 6.07) is -3.84. The number of hydrogen-bond donors (Lipinski definition) is 11. The van der Waals surface area contributed by atoms with E-state index in [1.54, 1.807) is 26.0 Å². The number of benzene rings is 1. The Morgan fingerprint density at radius 1 is 0.701 bits per heavy atom. The number of phenolic OH excluding ortho intramolecular Hbond substituents is 1. The summed E-state index contributed by atoms with van der Waals surface area (Å²) in [6.07, 6.45) is -0.900. The molecule has 9 atom stereocenters. The third kappa shape index (κ3) is 16.5. The summed E-state index contributed by atoms with van der Waals surface area (Å²) in [5.74, 6) is -9.24. The molecule has 1 aromatic rings. The first kappa shape index (κ1) is 55.0. The zero-order valence-electron chi connectivity index (χ0n) is 38.8. The number of aliphatic carboxylic acids is 2. The Labute approximate surface area is 388 Å². The van der Waals surface area contributed by atoms with Crippen LogP contribution in [0.3, 0.4) is 0 Å². The van der Waals surface area contributed by atoms with Crippen LogP contribution in [0.1, 0.15) is 92.1 Å². The molecule has 2 saturated heterocycles. The monoisotopic (exact) mass is 945 g/mol. The van der Waals surface area contributed by atoms with Crippen molar-refractivity contribution in [1.29, 1.82) is 0 Å². The fourth-order valence-corrected chi connectivity index (χ4v) is 7.78. The van der Waals surface area contributed by atoms with Gasteiger partial charge < -0.3 is 67.9 Å². The lowest BCUT2D eigenvalue weighted by molar-refractivity contribution is -0.144. The van der Waals surface area contributed by atoms with Crippen molar-refractivity contribution in [1.82, 2.24) is 41.7 Å². The molecule has 3 rings (SSSR count). The number of likely N-dealkylation sites (tertiary alicyclic amines) is 2. The summed E-state index contributed by atoms with van der Waals surface area (Å²) in [4.78, 5) is 133. The summed E-state index contributed by atoms with van der Waals surface area (Å²) in [7, 11) is 0. The summed E-state index contributed by atoms with van der Waals surface area (Å²) in [5, 5.41) is 53.3. The second-order valence-corrected chi connectivity index (χ2v) is 17.8. The molecule has 1 aromatic carbocycles. The number of carbonyl (C=O) groups is 10. The summed E-state index contributed by atoms with van der Waals surface area (Å²) in [5.41, 5.74) is 6.81. The van der Waals surface area contributed by atoms with Gasteiger partial charge >= 0.3 is 11.9 Å². The highest BCUT2D eigenvalue weighted by atomic mass is 16.4. The predicted molar refractivity (Wildman–Crippen MR) is 238 cm³/mol. The van der Waals surface area contributed by atoms with Crippen LogP contribution in [0.4, 0.5) is 0 Å². The van der Waals surface area contributed by atoms with Gasteiger partial charge in [-0.05, 0) is 88.3 Å². The molecule has 0 unspecified atom stereocenters. The van der Waals surface area contributed by atoms with Gasteiger partial charge in [0.1, 0.15) is 48.0 Å². The summed E-state index contributed by atoms with van der Waals surface area (Å²) in [6.45, 7) is 8.92. The molecule has 0 radical (unpaired) electrons. The second kappa shape index (κ2) is 25.5. The first-order valence-electron chi connectivity index (χ1n) is 22.5. The molecule has 2 aliphatic rings. The number of carboxylic acid groups (broad SMARTS) is 2. The molecule has 2 heterocycles. The van der Waals surface area contributed by atoms with Gasteiger partial charge in [0.15, 0.2) is 0 Å². The number of aliphatic hydroxyl groups excluding tert-OH is 1. The molecule has 2 fully saturated rings. The molecular formula is C44H67N9O14. The van der Waals surface area contributed by atoms with Crippen LogP contribution in [0.15, 0.2) is 24.3 Å². The summed E-state index contributed by atoms with van der Waals surface area (Å²) >= 11 is 0. The van der Waals surface area contributed by atoms with E-state index in [4.69, 9.17) is 10.8 Å². The minimum Gasteiger partial charge on any atom is -0.508 e. The Morgan fingerprint density at radius 2 is 1.27 bits per heavy atom. The smallest absolute Gasteiger partial charge is 0.325 e. The van der Waals surface area contributed by atoms with Crippen LogP contribution in [0.2, 0.25) is 0 Å². The van der Waals surface area contributed by atoms with Crippen LogP contribution in [0.5, 0.6) is 5.75 Å². The largest absolute Gasteiger partial charge is 0.508 e. The Kier molecular flexibility index (Phi) is 20.9. The van der Waals surface area contributed by atoms with Gasteiger partial charge in [0.2, 0.25) is 47.3 Å². The third-order valence-corrected chi connectivity index (χ3v) is 11.5. The van der Waals surface area contributed by atoms with Gasteiger partial charge in [-0.25, -0.2) is 0 Å². The number of nitrogens with two attached hydrogens (primary N) is 1. The van der Waals surface area contributed by atoms with Gasteiger partial charge in [-0.15, -0.1) is 0 Å². The van der Waals surface area contributed by atoms with Crippen molar-refractivity contribution in [3.05, 3.63) is 29.8 Å². The lowest BCUT2D eigenvalue weighted by atomic mass is 10.0. The Morgan fingerprint density at radius 3 is 1.82 bits per heavy atom. The first-order chi connectivity index (χ1) is 31.4. The molecule has 0 aliphatic carbocycles. The number of hydrogen-bond acceptors (Lipinski definition) is 13. The van der Waals surface area contributed by atoms with Gasteiger partial charge in [0, 0.05) is 19.5 Å². The standard InChI is InChI=1S/C44H67N9O14/c1-22(2)19-30(49-37(59)28(45)20-26-11-13-27(55)14-12-26)38(60)48-29(15-16-34(57)58)43(65)53-18-8-9-31(53)39(61)46-21-33(56)52-17-7-10-32(52)40(62)50-35(23(3)4)41(63)51-36(25(6)54)42(64)47-24(5)44(66)67/h11-14,22-25,28-32,35-36,54-55H,7-10,15-21,45H2,1-6H3,(H,46,61)(H,47,64)(H,48,60)(H,49,59)(H,50,62)(H,51,63)(H,57,58)(H,66,67)/t24-,25+,28-,29-,30-,31-,32-,35-,36-/m0/s1. The van der Waals surface area contributed by atoms with Crippen molar-refractivity contribution in [2.45, 2.75) is 147 Å². The fraction of sp³-hybridized carbons (Fsp3) is 0.636. The van der Waals surface area contributed by atoms with Gasteiger partial charge in [0.05, 0.1) is 18.7 Å². The number of carbonyl (C=O) groups excluding carboxylic acids is 8. The molecule has 0 spiro atoms. The average molecular weight is 946 g/mol. The number of aromatic hydroxyl groups is 1. The van der Waals surface area contributed by atoms with Crippen LogP contribution in [0.25, 0.3) is 0 Å². The van der Waals surface area contributed by atoms with Crippen molar-refractivity contribution in [2.24, 2.45) is 17.6 Å². The highest BCUT2D eigenvalue weighted by Gasteiger charge is 2.41. The number of carboxylic acids is 2. The second-order valence-electron chi connectivity index (χ2n) is 17.8. The van der Waals surface area contributed by atoms with Crippen molar-refractivity contribution in [3.8, 4) is 5.75 Å². The van der Waals surface area contributed by atoms with Crippen molar-refractivity contribution in [3.63, 3.8) is 0 Å². The molecule has 0 aromatic heterocycles. The van der Waals surface area contributed by atoms with Crippen molar-refractivity contribution >= 4 is 59.2 Å². The molecule has 67 heavy (non-hydrogen) atoms. The van der Waals surface area contributed by atoms with E-state index in [0.717, 1.165) is 0 Å². The van der Waals surface area contributed by atoms with E-state index in [-0.39, 0.29) is 56.9 Å². The Bertz CT molecular complexity index is 1960. The molecular weight excluding hydrogens is 879 g/mol. The number of aliphatic hydroxyl groups is 1. The van der Waals surface area contributed by atoms with E-state index >= 15 is 0 Å². The topological polar surface area (TPSA) is 356 Å². The number of nitrogens with one attached hydrogen (secondary N) is 6. The molecule has 2 aliphatic heterocycles. The van der Waals surface area contributed by atoms with E-state index in [1.807, 2.05) is 13.8 Å². The molecule has 0 bridgehead atoms. The zero-order chi connectivity index (χ0) is 50.3. The first-order valence-corrected chi connectivity index (χ1v) is 22.5. The number of nitrogens with zero attached hydrogens (tertiary/aromatic N) is 2. The van der Waals surface area contributed by atoms with Crippen LogP contribution < -0.4 is 37.6 Å². The quantitative estimate of drug-likeness (QED) is 0.0526. The molecule has 0 saturated carbocycles. The van der Waals surface area contributed by atoms with Crippen LogP contribution >= 0.6 is 0 Å². The molecule has 12 N–H and O–H groups in total. The van der Waals surface area contributed by atoms with E-state index < -0.39 is 133 Å². The maximum Gasteiger partial charge on any atom is 0.325 e. The lowest BCUT2D eigenvalue weighted by Crippen LogP contribution is -2.61. The van der Waals surface area contributed by atoms with Gasteiger partial charge in [-0.2, -0.15) is 0 Å². The van der Waals surface area contributed by atoms with Crippen LogP contribution in [-0.4, -0.2) is 163 Å². The molecule has 23 heteroatoms. The molecule has 8 amide bonds. The molecule has 23 nitrogen and oxygen atoms in total. The van der Waals surface area contributed by atoms with E-state index in [2.05, 4.69) is 31.9 Å². The number of rotatable bonds is 24. The fourth-order valence-electron chi connectivity index (χ4n) is 7.78. The number of amides is 8. The van der Waals surface area contributed by atoms with Crippen molar-refractivity contribution < 1.29 is 68.4 Å². The van der Waals surface area contributed by atoms with Crippen molar-refractivity contribution in [2.75, 3.05) is 19.6 Å². The van der Waals surface area contributed by atoms with Crippen LogP contribution in [-0.2, 0) is 54.4 Å². The van der Waals surface area contributed by atoms with Gasteiger partial charge in [-0.3, -0.25) is 47.9 Å². The lowest BCUT2D eigenvalue weighted by Gasteiger charge is -2.31. The normalized spacial score (nSPS) is 19.0. The SMILES string of the molecule is CC(C)C[C@H](NC(=O)[C@@H](N)Cc1ccc(O)cc1)C(=O)N[C@@H](CCC(=O)O)C(=O)N1CCC[C@H]1C(=O)NCC(=O)N1CCC[C@H]1C(=O)N[C@H](C(=O)N[C@H](C(=O)N[C@@H](C)C(=O)O)[C@@H](C)O)C(C)C. The highest BCUT2D eigenvalue weighted by Crippen LogP contribution is 2.22. The minimum atomic E-state index is -1.56. The summed E-state index contributed by atoms with van der Waals surface area (Å²) < 4.78 is 0. The maximum absolute atomic E-state index is 14.1. The Balaban J connectivity index is 1.67. The van der Waals surface area contributed by atoms with Gasteiger partial charge in [-0.1, -0.05) is 39.8 Å². The van der Waals surface area contributed by atoms with E-state index in [0.29, 0.717) is 18.4 Å². The van der Waals surface area contributed by atoms with E-state index in [9.17, 15) is 63.3 Å². The molecule has 372 valence electrons. The predicted octanol–water partition coefficient (Wildman–Crippen LogP) is -2.16. The Hall–Kier alpha value is -6.36. The van der Waals surface area contributed by atoms with Crippen LogP contribution in [0, 0.1) is 11.8 Å².